The van der Waals surface area contributed by atoms with E-state index < -0.39 is 5.60 Å². The van der Waals surface area contributed by atoms with Crippen molar-refractivity contribution >= 4 is 6.09 Å². The van der Waals surface area contributed by atoms with E-state index in [2.05, 4.69) is 31.2 Å². The Morgan fingerprint density at radius 1 is 1.32 bits per heavy atom. The average molecular weight is 348 g/mol. The number of carbonyl (C=O) groups excluding carboxylic acids is 1. The fourth-order valence-electron chi connectivity index (χ4n) is 3.21. The van der Waals surface area contributed by atoms with Gasteiger partial charge in [0, 0.05) is 25.6 Å². The quantitative estimate of drug-likeness (QED) is 0.882. The number of amides is 1. The molecule has 0 bridgehead atoms. The Morgan fingerprint density at radius 3 is 2.60 bits per heavy atom. The number of nitrogens with two attached hydrogens (primary N) is 1. The minimum Gasteiger partial charge on any atom is -0.444 e. The molecule has 2 rings (SSSR count). The van der Waals surface area contributed by atoms with E-state index in [4.69, 9.17) is 15.2 Å². The van der Waals surface area contributed by atoms with E-state index in [1.54, 1.807) is 0 Å². The molecule has 0 spiro atoms. The minimum atomic E-state index is -0.476. The van der Waals surface area contributed by atoms with Gasteiger partial charge >= 0.3 is 6.09 Å². The number of rotatable bonds is 5. The van der Waals surface area contributed by atoms with Gasteiger partial charge in [0.15, 0.2) is 0 Å². The maximum absolute atomic E-state index is 12.4. The van der Waals surface area contributed by atoms with Crippen LogP contribution in [0.15, 0.2) is 24.3 Å². The zero-order chi connectivity index (χ0) is 18.4. The highest BCUT2D eigenvalue weighted by Crippen LogP contribution is 2.33. The second kappa shape index (κ2) is 8.68. The number of ether oxygens (including phenoxy) is 2. The molecule has 5 heteroatoms. The highest BCUT2D eigenvalue weighted by molar-refractivity contribution is 5.68. The van der Waals surface area contributed by atoms with Gasteiger partial charge in [0.25, 0.3) is 0 Å². The molecule has 1 saturated heterocycles. The van der Waals surface area contributed by atoms with Gasteiger partial charge < -0.3 is 20.1 Å². The smallest absolute Gasteiger partial charge is 0.410 e. The predicted octanol–water partition coefficient (Wildman–Crippen LogP) is 3.66. The standard InChI is InChI=1S/C20H32N2O3/c1-15-7-9-16(10-8-15)18(24-13-11-21)17-6-5-12-22(14-17)19(23)25-20(2,3)4/h7-10,17-18H,5-6,11-14,21H2,1-4H3/t17-,18+/m1/s1. The maximum atomic E-state index is 12.4. The molecular weight excluding hydrogens is 316 g/mol. The predicted molar refractivity (Wildman–Crippen MR) is 99.5 cm³/mol. The van der Waals surface area contributed by atoms with Crippen LogP contribution in [0.2, 0.25) is 0 Å². The topological polar surface area (TPSA) is 64.8 Å². The molecule has 1 aliphatic heterocycles. The van der Waals surface area contributed by atoms with Gasteiger partial charge in [0.2, 0.25) is 0 Å². The first-order valence-electron chi connectivity index (χ1n) is 9.16. The molecule has 0 unspecified atom stereocenters. The van der Waals surface area contributed by atoms with Crippen molar-refractivity contribution < 1.29 is 14.3 Å². The third-order valence-corrected chi connectivity index (χ3v) is 4.36. The molecule has 0 saturated carbocycles. The van der Waals surface area contributed by atoms with Crippen LogP contribution in [0.25, 0.3) is 0 Å². The molecule has 1 aromatic carbocycles. The summed E-state index contributed by atoms with van der Waals surface area (Å²) < 4.78 is 11.6. The number of aryl methyl sites for hydroxylation is 1. The zero-order valence-corrected chi connectivity index (χ0v) is 16.0. The third-order valence-electron chi connectivity index (χ3n) is 4.36. The van der Waals surface area contributed by atoms with Gasteiger partial charge in [0.05, 0.1) is 12.7 Å². The van der Waals surface area contributed by atoms with E-state index in [1.165, 1.54) is 5.56 Å². The van der Waals surface area contributed by atoms with Crippen LogP contribution in [0, 0.1) is 12.8 Å². The summed E-state index contributed by atoms with van der Waals surface area (Å²) in [4.78, 5) is 14.2. The second-order valence-electron chi connectivity index (χ2n) is 7.82. The first kappa shape index (κ1) is 19.7. The van der Waals surface area contributed by atoms with Gasteiger partial charge in [-0.15, -0.1) is 0 Å². The molecule has 140 valence electrons. The summed E-state index contributed by atoms with van der Waals surface area (Å²) in [5.41, 5.74) is 7.54. The molecule has 1 fully saturated rings. The second-order valence-corrected chi connectivity index (χ2v) is 7.82. The van der Waals surface area contributed by atoms with Crippen molar-refractivity contribution in [2.45, 2.75) is 52.2 Å². The van der Waals surface area contributed by atoms with Crippen molar-refractivity contribution in [3.63, 3.8) is 0 Å². The van der Waals surface area contributed by atoms with Gasteiger partial charge in [-0.2, -0.15) is 0 Å². The van der Waals surface area contributed by atoms with Crippen LogP contribution in [-0.2, 0) is 9.47 Å². The van der Waals surface area contributed by atoms with E-state index >= 15 is 0 Å². The van der Waals surface area contributed by atoms with Crippen LogP contribution < -0.4 is 5.73 Å². The Hall–Kier alpha value is -1.59. The van der Waals surface area contributed by atoms with Crippen molar-refractivity contribution in [1.29, 1.82) is 0 Å². The van der Waals surface area contributed by atoms with Crippen LogP contribution in [-0.4, -0.2) is 42.8 Å². The van der Waals surface area contributed by atoms with Crippen molar-refractivity contribution in [1.82, 2.24) is 4.90 Å². The SMILES string of the molecule is Cc1ccc([C@H](OCCN)[C@@H]2CCCN(C(=O)OC(C)(C)C)C2)cc1. The Balaban J connectivity index is 2.11. The molecule has 0 aliphatic carbocycles. The average Bonchev–Trinajstić information content (AvgIpc) is 2.55. The summed E-state index contributed by atoms with van der Waals surface area (Å²) >= 11 is 0. The van der Waals surface area contributed by atoms with E-state index in [9.17, 15) is 4.79 Å². The number of piperidine rings is 1. The van der Waals surface area contributed by atoms with Crippen molar-refractivity contribution in [2.75, 3.05) is 26.2 Å². The largest absolute Gasteiger partial charge is 0.444 e. The fraction of sp³-hybridized carbons (Fsp3) is 0.650. The number of nitrogens with zero attached hydrogens (tertiary/aromatic N) is 1. The molecule has 1 aliphatic rings. The van der Waals surface area contributed by atoms with Crippen LogP contribution in [0.4, 0.5) is 4.79 Å². The minimum absolute atomic E-state index is 0.0469. The van der Waals surface area contributed by atoms with E-state index in [-0.39, 0.29) is 18.1 Å². The molecule has 2 atom stereocenters. The van der Waals surface area contributed by atoms with Crippen LogP contribution in [0.3, 0.4) is 0 Å². The molecule has 25 heavy (non-hydrogen) atoms. The first-order valence-corrected chi connectivity index (χ1v) is 9.16. The lowest BCUT2D eigenvalue weighted by atomic mass is 9.88. The van der Waals surface area contributed by atoms with Gasteiger partial charge in [-0.1, -0.05) is 29.8 Å². The Labute approximate surface area is 151 Å². The molecular formula is C20H32N2O3. The third kappa shape index (κ3) is 6.01. The molecule has 2 N–H and O–H groups in total. The van der Waals surface area contributed by atoms with Crippen LogP contribution in [0.5, 0.6) is 0 Å². The van der Waals surface area contributed by atoms with Crippen molar-refractivity contribution in [2.24, 2.45) is 11.7 Å². The van der Waals surface area contributed by atoms with E-state index in [1.807, 2.05) is 25.7 Å². The summed E-state index contributed by atoms with van der Waals surface area (Å²) in [5.74, 6) is 0.246. The first-order chi connectivity index (χ1) is 11.8. The van der Waals surface area contributed by atoms with Gasteiger partial charge in [0.1, 0.15) is 5.60 Å². The normalized spacial score (nSPS) is 19.6. The lowest BCUT2D eigenvalue weighted by Gasteiger charge is -2.37. The van der Waals surface area contributed by atoms with E-state index in [0.717, 1.165) is 24.9 Å². The maximum Gasteiger partial charge on any atom is 0.410 e. The van der Waals surface area contributed by atoms with Crippen LogP contribution >= 0.6 is 0 Å². The summed E-state index contributed by atoms with van der Waals surface area (Å²) in [7, 11) is 0. The van der Waals surface area contributed by atoms with Gasteiger partial charge in [-0.05, 0) is 46.1 Å². The molecule has 1 amide bonds. The molecule has 1 heterocycles. The van der Waals surface area contributed by atoms with Crippen LogP contribution in [0.1, 0.15) is 50.8 Å². The Bertz CT molecular complexity index is 551. The number of hydrogen-bond acceptors (Lipinski definition) is 4. The Morgan fingerprint density at radius 2 is 2.00 bits per heavy atom. The Kier molecular flexibility index (Phi) is 6.85. The summed E-state index contributed by atoms with van der Waals surface area (Å²) in [6.07, 6.45) is 1.70. The molecule has 0 radical (unpaired) electrons. The summed E-state index contributed by atoms with van der Waals surface area (Å²) in [6.45, 7) is 10.2. The number of likely N-dealkylation sites (tertiary alicyclic amines) is 1. The lowest BCUT2D eigenvalue weighted by Crippen LogP contribution is -2.44. The number of benzene rings is 1. The van der Waals surface area contributed by atoms with Gasteiger partial charge in [-0.3, -0.25) is 0 Å². The molecule has 1 aromatic rings. The highest BCUT2D eigenvalue weighted by Gasteiger charge is 2.32. The van der Waals surface area contributed by atoms with E-state index in [0.29, 0.717) is 19.7 Å². The fourth-order valence-corrected chi connectivity index (χ4v) is 3.21. The van der Waals surface area contributed by atoms with Gasteiger partial charge in [-0.25, -0.2) is 4.79 Å². The molecule has 5 nitrogen and oxygen atoms in total. The summed E-state index contributed by atoms with van der Waals surface area (Å²) in [6, 6.07) is 8.43. The molecule has 0 aromatic heterocycles. The van der Waals surface area contributed by atoms with Crippen molar-refractivity contribution in [3.05, 3.63) is 35.4 Å². The summed E-state index contributed by atoms with van der Waals surface area (Å²) in [5, 5.41) is 0. The lowest BCUT2D eigenvalue weighted by molar-refractivity contribution is -0.0233. The zero-order valence-electron chi connectivity index (χ0n) is 16.0. The monoisotopic (exact) mass is 348 g/mol. The van der Waals surface area contributed by atoms with Crippen molar-refractivity contribution in [3.8, 4) is 0 Å². The highest BCUT2D eigenvalue weighted by atomic mass is 16.6. The number of hydrogen-bond donors (Lipinski definition) is 1. The number of carbonyl (C=O) groups is 1.